The maximum absolute atomic E-state index is 14.4. The summed E-state index contributed by atoms with van der Waals surface area (Å²) in [5.74, 6) is -1.21. The summed E-state index contributed by atoms with van der Waals surface area (Å²) < 4.78 is 33.4. The number of halogens is 2. The maximum Gasteiger partial charge on any atom is 0.160 e. The van der Waals surface area contributed by atoms with Gasteiger partial charge in [0, 0.05) is 17.3 Å². The zero-order valence-corrected chi connectivity index (χ0v) is 13.1. The van der Waals surface area contributed by atoms with Gasteiger partial charge >= 0.3 is 0 Å². The van der Waals surface area contributed by atoms with Crippen LogP contribution in [0, 0.1) is 23.0 Å². The molecule has 0 bridgehead atoms. The Kier molecular flexibility index (Phi) is 4.31. The minimum atomic E-state index is -0.736. The highest BCUT2D eigenvalue weighted by Crippen LogP contribution is 2.37. The van der Waals surface area contributed by atoms with Crippen LogP contribution in [0.5, 0.6) is 11.5 Å². The Balaban J connectivity index is 2.21. The SMILES string of the molecule is COc1ccc(-c2cncc(F)c2-c2ccc(C#N)c(F)c2)cc1O. The van der Waals surface area contributed by atoms with Crippen molar-refractivity contribution in [2.24, 2.45) is 0 Å². The summed E-state index contributed by atoms with van der Waals surface area (Å²) in [5.41, 5.74) is 1.14. The molecule has 0 aliphatic heterocycles. The highest BCUT2D eigenvalue weighted by atomic mass is 19.1. The summed E-state index contributed by atoms with van der Waals surface area (Å²) in [6.45, 7) is 0. The van der Waals surface area contributed by atoms with Crippen LogP contribution >= 0.6 is 0 Å². The third kappa shape index (κ3) is 3.00. The molecule has 2 aromatic carbocycles. The second-order valence-corrected chi connectivity index (χ2v) is 5.24. The number of pyridine rings is 1. The van der Waals surface area contributed by atoms with Crippen molar-refractivity contribution in [3.05, 3.63) is 66.0 Å². The van der Waals surface area contributed by atoms with Gasteiger partial charge in [-0.1, -0.05) is 12.1 Å². The Morgan fingerprint density at radius 1 is 1.04 bits per heavy atom. The first-order valence-corrected chi connectivity index (χ1v) is 7.26. The van der Waals surface area contributed by atoms with E-state index in [1.165, 1.54) is 31.5 Å². The molecule has 0 atom stereocenters. The molecule has 3 rings (SSSR count). The number of ether oxygens (including phenoxy) is 1. The van der Waals surface area contributed by atoms with Gasteiger partial charge in [-0.15, -0.1) is 0 Å². The molecule has 0 radical (unpaired) electrons. The normalized spacial score (nSPS) is 10.3. The van der Waals surface area contributed by atoms with Gasteiger partial charge in [-0.05, 0) is 35.4 Å². The van der Waals surface area contributed by atoms with Crippen molar-refractivity contribution >= 4 is 0 Å². The molecule has 1 aromatic heterocycles. The van der Waals surface area contributed by atoms with Crippen molar-refractivity contribution in [1.82, 2.24) is 4.98 Å². The number of phenols is 1. The lowest BCUT2D eigenvalue weighted by molar-refractivity contribution is 0.373. The van der Waals surface area contributed by atoms with E-state index in [9.17, 15) is 13.9 Å². The predicted octanol–water partition coefficient (Wildman–Crippen LogP) is 4.28. The van der Waals surface area contributed by atoms with E-state index >= 15 is 0 Å². The number of hydrogen-bond acceptors (Lipinski definition) is 4. The zero-order chi connectivity index (χ0) is 18.0. The first-order chi connectivity index (χ1) is 12.0. The van der Waals surface area contributed by atoms with Crippen molar-refractivity contribution < 1.29 is 18.6 Å². The minimum absolute atomic E-state index is 0.110. The molecule has 25 heavy (non-hydrogen) atoms. The smallest absolute Gasteiger partial charge is 0.160 e. The molecule has 0 fully saturated rings. The number of aromatic hydroxyl groups is 1. The molecule has 0 amide bonds. The minimum Gasteiger partial charge on any atom is -0.504 e. The Bertz CT molecular complexity index is 997. The van der Waals surface area contributed by atoms with Crippen LogP contribution in [0.2, 0.25) is 0 Å². The molecule has 0 saturated carbocycles. The lowest BCUT2D eigenvalue weighted by Crippen LogP contribution is -1.94. The number of phenolic OH excluding ortho intramolecular Hbond substituents is 1. The average molecular weight is 338 g/mol. The van der Waals surface area contributed by atoms with Gasteiger partial charge in [-0.25, -0.2) is 8.78 Å². The van der Waals surface area contributed by atoms with Gasteiger partial charge in [0.25, 0.3) is 0 Å². The standard InChI is InChI=1S/C19H12F2N2O2/c1-25-18-5-4-11(7-17(18)24)14-9-23-10-16(21)19(14)12-2-3-13(8-22)15(20)6-12/h2-7,9-10,24H,1H3. The van der Waals surface area contributed by atoms with Crippen LogP contribution in [-0.2, 0) is 0 Å². The highest BCUT2D eigenvalue weighted by molar-refractivity contribution is 5.84. The van der Waals surface area contributed by atoms with Crippen LogP contribution in [-0.4, -0.2) is 17.2 Å². The van der Waals surface area contributed by atoms with Crippen LogP contribution < -0.4 is 4.74 Å². The molecule has 6 heteroatoms. The number of nitriles is 1. The Labute approximate surface area is 142 Å². The Morgan fingerprint density at radius 3 is 2.44 bits per heavy atom. The molecule has 1 N–H and O–H groups in total. The Morgan fingerprint density at radius 2 is 1.80 bits per heavy atom. The molecule has 124 valence electrons. The summed E-state index contributed by atoms with van der Waals surface area (Å²) in [6.07, 6.45) is 2.45. The summed E-state index contributed by atoms with van der Waals surface area (Å²) in [5, 5.41) is 18.8. The Hall–Kier alpha value is -3.46. The van der Waals surface area contributed by atoms with E-state index in [0.29, 0.717) is 11.1 Å². The summed E-state index contributed by atoms with van der Waals surface area (Å²) in [4.78, 5) is 3.84. The van der Waals surface area contributed by atoms with Gasteiger partial charge in [0.15, 0.2) is 11.5 Å². The fourth-order valence-corrected chi connectivity index (χ4v) is 2.57. The van der Waals surface area contributed by atoms with Crippen molar-refractivity contribution in [1.29, 1.82) is 5.26 Å². The second kappa shape index (κ2) is 6.57. The number of rotatable bonds is 3. The quantitative estimate of drug-likeness (QED) is 0.774. The van der Waals surface area contributed by atoms with E-state index in [-0.39, 0.29) is 28.2 Å². The van der Waals surface area contributed by atoms with Gasteiger partial charge in [-0.3, -0.25) is 4.98 Å². The molecular formula is C19H12F2N2O2. The molecule has 0 spiro atoms. The highest BCUT2D eigenvalue weighted by Gasteiger charge is 2.16. The third-order valence-corrected chi connectivity index (χ3v) is 3.77. The zero-order valence-electron chi connectivity index (χ0n) is 13.1. The van der Waals surface area contributed by atoms with E-state index in [1.807, 2.05) is 0 Å². The van der Waals surface area contributed by atoms with Gasteiger partial charge in [0.05, 0.1) is 18.9 Å². The third-order valence-electron chi connectivity index (χ3n) is 3.77. The van der Waals surface area contributed by atoms with Crippen LogP contribution in [0.25, 0.3) is 22.3 Å². The van der Waals surface area contributed by atoms with Gasteiger partial charge in [-0.2, -0.15) is 5.26 Å². The predicted molar refractivity (Wildman–Crippen MR) is 88.0 cm³/mol. The molecule has 3 aromatic rings. The number of benzene rings is 2. The maximum atomic E-state index is 14.4. The number of nitrogens with zero attached hydrogens (tertiary/aromatic N) is 2. The van der Waals surface area contributed by atoms with Crippen LogP contribution in [0.3, 0.4) is 0 Å². The topological polar surface area (TPSA) is 66.1 Å². The van der Waals surface area contributed by atoms with Crippen molar-refractivity contribution in [2.45, 2.75) is 0 Å². The van der Waals surface area contributed by atoms with E-state index < -0.39 is 11.6 Å². The largest absolute Gasteiger partial charge is 0.504 e. The van der Waals surface area contributed by atoms with Crippen molar-refractivity contribution in [3.63, 3.8) is 0 Å². The van der Waals surface area contributed by atoms with E-state index in [4.69, 9.17) is 10.00 Å². The summed E-state index contributed by atoms with van der Waals surface area (Å²) in [6, 6.07) is 10.2. The van der Waals surface area contributed by atoms with E-state index in [2.05, 4.69) is 4.98 Å². The van der Waals surface area contributed by atoms with Gasteiger partial charge in [0.1, 0.15) is 17.7 Å². The van der Waals surface area contributed by atoms with E-state index in [1.54, 1.807) is 18.2 Å². The summed E-state index contributed by atoms with van der Waals surface area (Å²) in [7, 11) is 1.42. The molecule has 4 nitrogen and oxygen atoms in total. The lowest BCUT2D eigenvalue weighted by Gasteiger charge is -2.12. The number of methoxy groups -OCH3 is 1. The van der Waals surface area contributed by atoms with Crippen molar-refractivity contribution in [2.75, 3.05) is 7.11 Å². The fraction of sp³-hybridized carbons (Fsp3) is 0.0526. The second-order valence-electron chi connectivity index (χ2n) is 5.24. The van der Waals surface area contributed by atoms with Crippen molar-refractivity contribution in [3.8, 4) is 39.8 Å². The molecule has 0 aliphatic carbocycles. The first-order valence-electron chi connectivity index (χ1n) is 7.26. The number of aromatic nitrogens is 1. The summed E-state index contributed by atoms with van der Waals surface area (Å²) >= 11 is 0. The molecule has 0 saturated heterocycles. The average Bonchev–Trinajstić information content (AvgIpc) is 2.61. The van der Waals surface area contributed by atoms with Crippen LogP contribution in [0.4, 0.5) is 8.78 Å². The first kappa shape index (κ1) is 16.4. The fourth-order valence-electron chi connectivity index (χ4n) is 2.57. The van der Waals surface area contributed by atoms with Gasteiger partial charge in [0.2, 0.25) is 0 Å². The number of hydrogen-bond donors (Lipinski definition) is 1. The molecular weight excluding hydrogens is 326 g/mol. The molecule has 0 aliphatic rings. The monoisotopic (exact) mass is 338 g/mol. The molecule has 1 heterocycles. The van der Waals surface area contributed by atoms with Gasteiger partial charge < -0.3 is 9.84 Å². The van der Waals surface area contributed by atoms with E-state index in [0.717, 1.165) is 12.3 Å². The lowest BCUT2D eigenvalue weighted by atomic mass is 9.95. The van der Waals surface area contributed by atoms with Crippen LogP contribution in [0.15, 0.2) is 48.8 Å². The molecule has 0 unspecified atom stereocenters. The van der Waals surface area contributed by atoms with Crippen LogP contribution in [0.1, 0.15) is 5.56 Å².